The van der Waals surface area contributed by atoms with Gasteiger partial charge in [-0.25, -0.2) is 12.7 Å². The number of amides is 1. The number of sulfonamides is 1. The van der Waals surface area contributed by atoms with Gasteiger partial charge in [0.05, 0.1) is 17.3 Å². The molecule has 0 bridgehead atoms. The fourth-order valence-corrected chi connectivity index (χ4v) is 6.30. The first-order valence-corrected chi connectivity index (χ1v) is 11.8. The van der Waals surface area contributed by atoms with Gasteiger partial charge in [0.1, 0.15) is 5.75 Å². The molecular weight excluding hydrogens is 390 g/mol. The van der Waals surface area contributed by atoms with Crippen LogP contribution < -0.4 is 4.74 Å². The number of fused-ring (bicyclic) bond motifs is 1. The van der Waals surface area contributed by atoms with Gasteiger partial charge >= 0.3 is 0 Å². The Hall–Kier alpha value is -1.64. The third-order valence-electron chi connectivity index (χ3n) is 6.08. The Morgan fingerprint density at radius 3 is 2.52 bits per heavy atom. The first-order valence-electron chi connectivity index (χ1n) is 10.2. The van der Waals surface area contributed by atoms with Gasteiger partial charge in [-0.15, -0.1) is 0 Å². The molecule has 162 valence electrons. The fraction of sp³-hybridized carbons (Fsp3) is 0.667. The van der Waals surface area contributed by atoms with Crippen LogP contribution in [0.2, 0.25) is 0 Å². The molecular formula is C21H33N3O4S. The summed E-state index contributed by atoms with van der Waals surface area (Å²) >= 11 is 0. The van der Waals surface area contributed by atoms with Crippen molar-refractivity contribution in [3.63, 3.8) is 0 Å². The average Bonchev–Trinajstić information content (AvgIpc) is 2.65. The summed E-state index contributed by atoms with van der Waals surface area (Å²) in [4.78, 5) is 17.1. The molecule has 2 atom stereocenters. The lowest BCUT2D eigenvalue weighted by Gasteiger charge is -2.53. The lowest BCUT2D eigenvalue weighted by atomic mass is 9.72. The van der Waals surface area contributed by atoms with Crippen LogP contribution in [-0.4, -0.2) is 80.6 Å². The maximum absolute atomic E-state index is 13.2. The largest absolute Gasteiger partial charge is 0.491 e. The van der Waals surface area contributed by atoms with E-state index in [4.69, 9.17) is 4.74 Å². The monoisotopic (exact) mass is 423 g/mol. The van der Waals surface area contributed by atoms with Crippen molar-refractivity contribution in [3.8, 4) is 5.75 Å². The predicted molar refractivity (Wildman–Crippen MR) is 113 cm³/mol. The molecule has 7 nitrogen and oxygen atoms in total. The molecule has 2 heterocycles. The van der Waals surface area contributed by atoms with E-state index in [2.05, 4.69) is 17.0 Å². The summed E-state index contributed by atoms with van der Waals surface area (Å²) in [5.41, 5.74) is 0.464. The number of piperidine rings is 1. The highest BCUT2D eigenvalue weighted by atomic mass is 32.2. The van der Waals surface area contributed by atoms with Gasteiger partial charge in [-0.2, -0.15) is 0 Å². The van der Waals surface area contributed by atoms with Crippen LogP contribution in [0.3, 0.4) is 0 Å². The highest BCUT2D eigenvalue weighted by molar-refractivity contribution is 7.89. The Morgan fingerprint density at radius 1 is 1.28 bits per heavy atom. The lowest BCUT2D eigenvalue weighted by molar-refractivity contribution is -0.148. The molecule has 1 aromatic carbocycles. The van der Waals surface area contributed by atoms with Crippen LogP contribution in [0.5, 0.6) is 5.75 Å². The van der Waals surface area contributed by atoms with Crippen LogP contribution in [0.1, 0.15) is 32.3 Å². The molecule has 0 unspecified atom stereocenters. The number of rotatable bonds is 5. The Balaban J connectivity index is 1.80. The molecule has 2 aliphatic rings. The molecule has 1 amide bonds. The Kier molecular flexibility index (Phi) is 6.27. The zero-order valence-electron chi connectivity index (χ0n) is 18.1. The molecule has 0 spiro atoms. The standard InChI is InChI=1S/C21H33N3O4S/c1-16(2)28-18-8-6-17(7-9-18)14-24-12-10-19-21(15-24,20(25)22(3)4)11-13-29(26,27)23(19)5/h6-9,16,19H,10-15H2,1-5H3/t19-,21+/m1/s1. The van der Waals surface area contributed by atoms with E-state index in [9.17, 15) is 13.2 Å². The maximum atomic E-state index is 13.2. The van der Waals surface area contributed by atoms with Crippen LogP contribution in [-0.2, 0) is 21.4 Å². The number of likely N-dealkylation sites (tertiary alicyclic amines) is 1. The van der Waals surface area contributed by atoms with Crippen LogP contribution in [0.15, 0.2) is 24.3 Å². The second kappa shape index (κ2) is 8.24. The van der Waals surface area contributed by atoms with Crippen LogP contribution in [0.4, 0.5) is 0 Å². The van der Waals surface area contributed by atoms with Gasteiger partial charge in [-0.05, 0) is 44.4 Å². The second-order valence-electron chi connectivity index (χ2n) is 8.76. The van der Waals surface area contributed by atoms with Gasteiger partial charge in [-0.3, -0.25) is 9.69 Å². The molecule has 0 aromatic heterocycles. The van der Waals surface area contributed by atoms with Gasteiger partial charge in [0, 0.05) is 46.8 Å². The van der Waals surface area contributed by atoms with Gasteiger partial charge < -0.3 is 9.64 Å². The summed E-state index contributed by atoms with van der Waals surface area (Å²) < 4.78 is 32.0. The number of hydrogen-bond acceptors (Lipinski definition) is 5. The van der Waals surface area contributed by atoms with Crippen molar-refractivity contribution in [2.24, 2.45) is 5.41 Å². The van der Waals surface area contributed by atoms with E-state index in [0.717, 1.165) is 24.4 Å². The SMILES string of the molecule is CC(C)Oc1ccc(CN2CC[C@H]3N(C)S(=O)(=O)CC[C@]3(C(=O)N(C)C)C2)cc1. The minimum Gasteiger partial charge on any atom is -0.491 e. The number of hydrogen-bond donors (Lipinski definition) is 0. The van der Waals surface area contributed by atoms with Crippen molar-refractivity contribution in [3.05, 3.63) is 29.8 Å². The number of carbonyl (C=O) groups is 1. The quantitative estimate of drug-likeness (QED) is 0.722. The Morgan fingerprint density at radius 2 is 1.93 bits per heavy atom. The smallest absolute Gasteiger partial charge is 0.231 e. The van der Waals surface area contributed by atoms with Crippen molar-refractivity contribution in [1.82, 2.24) is 14.1 Å². The van der Waals surface area contributed by atoms with E-state index in [-0.39, 0.29) is 23.8 Å². The van der Waals surface area contributed by atoms with Crippen molar-refractivity contribution in [1.29, 1.82) is 0 Å². The van der Waals surface area contributed by atoms with Gasteiger partial charge in [0.25, 0.3) is 0 Å². The number of benzene rings is 1. The highest BCUT2D eigenvalue weighted by Crippen LogP contribution is 2.43. The molecule has 0 saturated carbocycles. The summed E-state index contributed by atoms with van der Waals surface area (Å²) in [6.45, 7) is 6.06. The van der Waals surface area contributed by atoms with E-state index >= 15 is 0 Å². The van der Waals surface area contributed by atoms with E-state index < -0.39 is 15.4 Å². The summed E-state index contributed by atoms with van der Waals surface area (Å²) in [6.07, 6.45) is 1.17. The molecule has 29 heavy (non-hydrogen) atoms. The van der Waals surface area contributed by atoms with Gasteiger partial charge in [0.2, 0.25) is 15.9 Å². The van der Waals surface area contributed by atoms with Crippen molar-refractivity contribution >= 4 is 15.9 Å². The zero-order valence-corrected chi connectivity index (χ0v) is 18.9. The van der Waals surface area contributed by atoms with E-state index in [1.54, 1.807) is 26.0 Å². The second-order valence-corrected chi connectivity index (χ2v) is 10.9. The molecule has 2 saturated heterocycles. The average molecular weight is 424 g/mol. The topological polar surface area (TPSA) is 70.2 Å². The summed E-state index contributed by atoms with van der Waals surface area (Å²) in [6, 6.07) is 7.78. The van der Waals surface area contributed by atoms with Crippen molar-refractivity contribution in [2.75, 3.05) is 40.0 Å². The number of ether oxygens (including phenoxy) is 1. The highest BCUT2D eigenvalue weighted by Gasteiger charge is 2.56. The Labute approximate surface area is 174 Å². The molecule has 8 heteroatoms. The first kappa shape index (κ1) is 22.1. The molecule has 0 N–H and O–H groups in total. The molecule has 2 aliphatic heterocycles. The molecule has 2 fully saturated rings. The van der Waals surface area contributed by atoms with E-state index in [1.165, 1.54) is 4.31 Å². The van der Waals surface area contributed by atoms with Gasteiger partial charge in [0.15, 0.2) is 0 Å². The first-order chi connectivity index (χ1) is 13.5. The number of carbonyl (C=O) groups excluding carboxylic acids is 1. The van der Waals surface area contributed by atoms with Crippen LogP contribution >= 0.6 is 0 Å². The zero-order chi connectivity index (χ0) is 21.4. The minimum absolute atomic E-state index is 0.0225. The van der Waals surface area contributed by atoms with Crippen molar-refractivity contribution in [2.45, 2.75) is 45.4 Å². The summed E-state index contributed by atoms with van der Waals surface area (Å²) in [5, 5.41) is 0. The molecule has 0 radical (unpaired) electrons. The minimum atomic E-state index is -3.29. The fourth-order valence-electron chi connectivity index (χ4n) is 4.69. The molecule has 0 aliphatic carbocycles. The van der Waals surface area contributed by atoms with Crippen molar-refractivity contribution < 1.29 is 17.9 Å². The van der Waals surface area contributed by atoms with E-state index in [1.807, 2.05) is 26.0 Å². The maximum Gasteiger partial charge on any atom is 0.231 e. The normalized spacial score (nSPS) is 27.4. The summed E-state index contributed by atoms with van der Waals surface area (Å²) in [5.74, 6) is 0.893. The van der Waals surface area contributed by atoms with E-state index in [0.29, 0.717) is 19.4 Å². The van der Waals surface area contributed by atoms with Crippen LogP contribution in [0, 0.1) is 5.41 Å². The lowest BCUT2D eigenvalue weighted by Crippen LogP contribution is -2.66. The third kappa shape index (κ3) is 4.44. The summed E-state index contributed by atoms with van der Waals surface area (Å²) in [7, 11) is 1.84. The predicted octanol–water partition coefficient (Wildman–Crippen LogP) is 1.79. The third-order valence-corrected chi connectivity index (χ3v) is 7.93. The Bertz CT molecular complexity index is 838. The van der Waals surface area contributed by atoms with Crippen LogP contribution in [0.25, 0.3) is 0 Å². The molecule has 3 rings (SSSR count). The molecule has 1 aromatic rings. The van der Waals surface area contributed by atoms with Gasteiger partial charge in [-0.1, -0.05) is 12.1 Å². The number of nitrogens with zero attached hydrogens (tertiary/aromatic N) is 3.